The molecule has 3 rings (SSSR count). The zero-order valence-electron chi connectivity index (χ0n) is 13.5. The van der Waals surface area contributed by atoms with E-state index in [1.165, 1.54) is 17.3 Å². The van der Waals surface area contributed by atoms with Crippen molar-refractivity contribution in [2.75, 3.05) is 5.32 Å². The number of nitrogens with zero attached hydrogens (tertiary/aromatic N) is 4. The maximum atomic E-state index is 12.6. The molecule has 1 aromatic carbocycles. The SMILES string of the molecule is CC[C@H](Oc1ccccc1Cl)C(=O)Nc1cccnc1-n1cncn1. The van der Waals surface area contributed by atoms with E-state index in [1.807, 2.05) is 6.92 Å². The monoisotopic (exact) mass is 357 g/mol. The van der Waals surface area contributed by atoms with E-state index in [2.05, 4.69) is 20.4 Å². The lowest BCUT2D eigenvalue weighted by atomic mass is 10.2. The van der Waals surface area contributed by atoms with E-state index in [-0.39, 0.29) is 5.91 Å². The van der Waals surface area contributed by atoms with Crippen molar-refractivity contribution < 1.29 is 9.53 Å². The average Bonchev–Trinajstić information content (AvgIpc) is 3.16. The number of halogens is 1. The van der Waals surface area contributed by atoms with Gasteiger partial charge in [-0.05, 0) is 30.7 Å². The summed E-state index contributed by atoms with van der Waals surface area (Å²) < 4.78 is 7.24. The van der Waals surface area contributed by atoms with Crippen LogP contribution in [0.2, 0.25) is 5.02 Å². The number of ether oxygens (including phenoxy) is 1. The van der Waals surface area contributed by atoms with E-state index in [9.17, 15) is 4.79 Å². The number of carbonyl (C=O) groups excluding carboxylic acids is 1. The van der Waals surface area contributed by atoms with Crippen LogP contribution in [0.3, 0.4) is 0 Å². The second kappa shape index (κ2) is 7.76. The summed E-state index contributed by atoms with van der Waals surface area (Å²) in [6, 6.07) is 10.5. The van der Waals surface area contributed by atoms with E-state index in [4.69, 9.17) is 16.3 Å². The molecular weight excluding hydrogens is 342 g/mol. The van der Waals surface area contributed by atoms with Gasteiger partial charge in [-0.3, -0.25) is 4.79 Å². The van der Waals surface area contributed by atoms with Crippen LogP contribution in [0.25, 0.3) is 5.82 Å². The Bertz CT molecular complexity index is 854. The highest BCUT2D eigenvalue weighted by Gasteiger charge is 2.21. The predicted molar refractivity (Wildman–Crippen MR) is 93.9 cm³/mol. The average molecular weight is 358 g/mol. The highest BCUT2D eigenvalue weighted by molar-refractivity contribution is 6.32. The largest absolute Gasteiger partial charge is 0.479 e. The summed E-state index contributed by atoms with van der Waals surface area (Å²) in [5.41, 5.74) is 0.513. The molecule has 1 N–H and O–H groups in total. The van der Waals surface area contributed by atoms with Crippen LogP contribution in [-0.4, -0.2) is 31.8 Å². The Morgan fingerprint density at radius 3 is 2.88 bits per heavy atom. The lowest BCUT2D eigenvalue weighted by Gasteiger charge is -2.18. The number of hydrogen-bond donors (Lipinski definition) is 1. The van der Waals surface area contributed by atoms with Crippen molar-refractivity contribution >= 4 is 23.2 Å². The minimum Gasteiger partial charge on any atom is -0.479 e. The Morgan fingerprint density at radius 2 is 2.16 bits per heavy atom. The van der Waals surface area contributed by atoms with Gasteiger partial charge in [-0.2, -0.15) is 5.10 Å². The number of amides is 1. The fourth-order valence-corrected chi connectivity index (χ4v) is 2.40. The molecule has 7 nitrogen and oxygen atoms in total. The minimum atomic E-state index is -0.691. The molecule has 8 heteroatoms. The van der Waals surface area contributed by atoms with Crippen LogP contribution in [0.5, 0.6) is 5.75 Å². The molecule has 25 heavy (non-hydrogen) atoms. The molecule has 1 amide bonds. The smallest absolute Gasteiger partial charge is 0.265 e. The number of anilines is 1. The zero-order valence-corrected chi connectivity index (χ0v) is 14.2. The zero-order chi connectivity index (χ0) is 17.6. The van der Waals surface area contributed by atoms with Crippen molar-refractivity contribution in [1.29, 1.82) is 0 Å². The number of rotatable bonds is 6. The standard InChI is InChI=1S/C17H16ClN5O2/c1-2-14(25-15-8-4-3-6-12(15)18)17(24)22-13-7-5-9-20-16(13)23-11-19-10-21-23/h3-11,14H,2H2,1H3,(H,22,24)/t14-/m0/s1. The van der Waals surface area contributed by atoms with E-state index < -0.39 is 6.10 Å². The second-order valence-electron chi connectivity index (χ2n) is 5.15. The van der Waals surface area contributed by atoms with Gasteiger partial charge in [0.25, 0.3) is 5.91 Å². The van der Waals surface area contributed by atoms with Crippen molar-refractivity contribution in [3.8, 4) is 11.6 Å². The van der Waals surface area contributed by atoms with Crippen LogP contribution in [0, 0.1) is 0 Å². The molecule has 128 valence electrons. The maximum Gasteiger partial charge on any atom is 0.265 e. The summed E-state index contributed by atoms with van der Waals surface area (Å²) in [7, 11) is 0. The molecule has 0 spiro atoms. The molecule has 0 bridgehead atoms. The van der Waals surface area contributed by atoms with E-state index in [0.717, 1.165) is 0 Å². The van der Waals surface area contributed by atoms with Gasteiger partial charge in [0.2, 0.25) is 0 Å². The molecule has 3 aromatic rings. The van der Waals surface area contributed by atoms with Crippen molar-refractivity contribution in [3.63, 3.8) is 0 Å². The highest BCUT2D eigenvalue weighted by atomic mass is 35.5. The first-order chi connectivity index (χ1) is 12.2. The van der Waals surface area contributed by atoms with Gasteiger partial charge >= 0.3 is 0 Å². The molecule has 0 saturated heterocycles. The van der Waals surface area contributed by atoms with Gasteiger partial charge in [0.05, 0.1) is 10.7 Å². The third-order valence-corrected chi connectivity index (χ3v) is 3.76. The Labute approximate surface area is 149 Å². The molecule has 0 unspecified atom stereocenters. The van der Waals surface area contributed by atoms with E-state index in [1.54, 1.807) is 42.6 Å². The third kappa shape index (κ3) is 3.95. The van der Waals surface area contributed by atoms with Crippen LogP contribution >= 0.6 is 11.6 Å². The Morgan fingerprint density at radius 1 is 1.32 bits per heavy atom. The van der Waals surface area contributed by atoms with Crippen molar-refractivity contribution in [1.82, 2.24) is 19.7 Å². The summed E-state index contributed by atoms with van der Waals surface area (Å²) in [6.07, 6.45) is 4.31. The topological polar surface area (TPSA) is 81.9 Å². The molecule has 0 aliphatic carbocycles. The van der Waals surface area contributed by atoms with E-state index >= 15 is 0 Å². The number of nitrogens with one attached hydrogen (secondary N) is 1. The first-order valence-corrected chi connectivity index (χ1v) is 8.09. The quantitative estimate of drug-likeness (QED) is 0.733. The third-order valence-electron chi connectivity index (χ3n) is 3.45. The normalized spacial score (nSPS) is 11.8. The number of carbonyl (C=O) groups is 1. The number of pyridine rings is 1. The first-order valence-electron chi connectivity index (χ1n) is 7.71. The molecule has 0 aliphatic rings. The minimum absolute atomic E-state index is 0.295. The lowest BCUT2D eigenvalue weighted by Crippen LogP contribution is -2.33. The van der Waals surface area contributed by atoms with Gasteiger partial charge < -0.3 is 10.1 Å². The van der Waals surface area contributed by atoms with Gasteiger partial charge in [0.1, 0.15) is 18.4 Å². The van der Waals surface area contributed by atoms with Crippen LogP contribution < -0.4 is 10.1 Å². The van der Waals surface area contributed by atoms with Gasteiger partial charge in [-0.25, -0.2) is 14.6 Å². The maximum absolute atomic E-state index is 12.6. The summed E-state index contributed by atoms with van der Waals surface area (Å²) in [5.74, 6) is 0.645. The van der Waals surface area contributed by atoms with Crippen LogP contribution in [-0.2, 0) is 4.79 Å². The molecule has 0 aliphatic heterocycles. The van der Waals surface area contributed by atoms with Crippen molar-refractivity contribution in [2.24, 2.45) is 0 Å². The summed E-state index contributed by atoms with van der Waals surface area (Å²) in [4.78, 5) is 20.8. The number of para-hydroxylation sites is 1. The molecule has 0 saturated carbocycles. The fraction of sp³-hybridized carbons (Fsp3) is 0.176. The van der Waals surface area contributed by atoms with Crippen molar-refractivity contribution in [2.45, 2.75) is 19.4 Å². The van der Waals surface area contributed by atoms with Crippen LogP contribution in [0.4, 0.5) is 5.69 Å². The number of aromatic nitrogens is 4. The van der Waals surface area contributed by atoms with E-state index in [0.29, 0.717) is 28.7 Å². The van der Waals surface area contributed by atoms with Crippen molar-refractivity contribution in [3.05, 3.63) is 60.3 Å². The highest BCUT2D eigenvalue weighted by Crippen LogP contribution is 2.25. The Kier molecular flexibility index (Phi) is 5.25. The predicted octanol–water partition coefficient (Wildman–Crippen LogP) is 3.11. The molecular formula is C17H16ClN5O2. The Hall–Kier alpha value is -2.93. The molecule has 1 atom stereocenters. The summed E-state index contributed by atoms with van der Waals surface area (Å²) in [5, 5.41) is 7.33. The van der Waals surface area contributed by atoms with Gasteiger partial charge in [-0.1, -0.05) is 30.7 Å². The number of benzene rings is 1. The van der Waals surface area contributed by atoms with Gasteiger partial charge in [0.15, 0.2) is 11.9 Å². The second-order valence-corrected chi connectivity index (χ2v) is 5.56. The van der Waals surface area contributed by atoms with Crippen LogP contribution in [0.1, 0.15) is 13.3 Å². The fourth-order valence-electron chi connectivity index (χ4n) is 2.22. The van der Waals surface area contributed by atoms with Gasteiger partial charge in [0, 0.05) is 6.20 Å². The summed E-state index contributed by atoms with van der Waals surface area (Å²) >= 11 is 6.10. The first kappa shape index (κ1) is 16.9. The number of hydrogen-bond acceptors (Lipinski definition) is 5. The Balaban J connectivity index is 1.78. The lowest BCUT2D eigenvalue weighted by molar-refractivity contribution is -0.122. The molecule has 2 heterocycles. The van der Waals surface area contributed by atoms with Gasteiger partial charge in [-0.15, -0.1) is 0 Å². The molecule has 0 radical (unpaired) electrons. The van der Waals surface area contributed by atoms with Crippen LogP contribution in [0.15, 0.2) is 55.2 Å². The molecule has 0 fully saturated rings. The molecule has 2 aromatic heterocycles. The summed E-state index contributed by atoms with van der Waals surface area (Å²) in [6.45, 7) is 1.86.